The zero-order valence-electron chi connectivity index (χ0n) is 12.3. The van der Waals surface area contributed by atoms with Gasteiger partial charge in [-0.15, -0.1) is 6.58 Å². The first-order chi connectivity index (χ1) is 10.9. The molecule has 1 unspecified atom stereocenters. The average Bonchev–Trinajstić information content (AvgIpc) is 2.55. The van der Waals surface area contributed by atoms with Crippen LogP contribution in [0, 0.1) is 10.1 Å². The fraction of sp³-hybridized carbons (Fsp3) is 0.125. The highest BCUT2D eigenvalue weighted by Gasteiger charge is 2.21. The summed E-state index contributed by atoms with van der Waals surface area (Å²) in [6, 6.07) is 13.3. The van der Waals surface area contributed by atoms with Crippen LogP contribution < -0.4 is 4.72 Å². The van der Waals surface area contributed by atoms with Crippen LogP contribution in [0.4, 0.5) is 5.69 Å². The SMILES string of the molecule is C=CCC(NS(=O)(=O)c1ccccc1)c1ccc([N+](=O)[O-])cc1. The monoisotopic (exact) mass is 332 g/mol. The minimum atomic E-state index is -3.69. The highest BCUT2D eigenvalue weighted by atomic mass is 32.2. The van der Waals surface area contributed by atoms with Gasteiger partial charge in [-0.1, -0.05) is 36.4 Å². The normalized spacial score (nSPS) is 12.5. The number of nitrogens with one attached hydrogen (secondary N) is 1. The van der Waals surface area contributed by atoms with Crippen molar-refractivity contribution in [1.29, 1.82) is 0 Å². The van der Waals surface area contributed by atoms with Crippen molar-refractivity contribution in [2.45, 2.75) is 17.4 Å². The van der Waals surface area contributed by atoms with E-state index in [-0.39, 0.29) is 10.6 Å². The molecule has 0 aliphatic heterocycles. The lowest BCUT2D eigenvalue weighted by atomic mass is 10.0. The maximum Gasteiger partial charge on any atom is 0.269 e. The molecule has 0 aliphatic rings. The summed E-state index contributed by atoms with van der Waals surface area (Å²) in [7, 11) is -3.69. The summed E-state index contributed by atoms with van der Waals surface area (Å²) in [5.41, 5.74) is 0.590. The molecule has 0 heterocycles. The topological polar surface area (TPSA) is 89.3 Å². The van der Waals surface area contributed by atoms with Gasteiger partial charge in [-0.25, -0.2) is 13.1 Å². The van der Waals surface area contributed by atoms with Gasteiger partial charge < -0.3 is 0 Å². The van der Waals surface area contributed by atoms with Crippen molar-refractivity contribution in [2.24, 2.45) is 0 Å². The van der Waals surface area contributed by atoms with E-state index in [0.717, 1.165) is 0 Å². The van der Waals surface area contributed by atoms with Crippen molar-refractivity contribution in [3.8, 4) is 0 Å². The summed E-state index contributed by atoms with van der Waals surface area (Å²) in [6.45, 7) is 3.63. The predicted molar refractivity (Wildman–Crippen MR) is 87.4 cm³/mol. The van der Waals surface area contributed by atoms with Crippen LogP contribution in [0.3, 0.4) is 0 Å². The third-order valence-electron chi connectivity index (χ3n) is 3.26. The average molecular weight is 332 g/mol. The fourth-order valence-corrected chi connectivity index (χ4v) is 3.36. The molecule has 120 valence electrons. The largest absolute Gasteiger partial charge is 0.269 e. The van der Waals surface area contributed by atoms with Crippen molar-refractivity contribution >= 4 is 15.7 Å². The summed E-state index contributed by atoms with van der Waals surface area (Å²) in [5, 5.41) is 10.7. The predicted octanol–water partition coefficient (Wildman–Crippen LogP) is 3.19. The second kappa shape index (κ2) is 7.17. The number of hydrogen-bond donors (Lipinski definition) is 1. The Morgan fingerprint density at radius 2 is 1.74 bits per heavy atom. The second-order valence-electron chi connectivity index (χ2n) is 4.86. The molecule has 0 aliphatic carbocycles. The molecule has 0 amide bonds. The van der Waals surface area contributed by atoms with Crippen LogP contribution >= 0.6 is 0 Å². The molecule has 0 radical (unpaired) electrons. The van der Waals surface area contributed by atoms with Gasteiger partial charge in [-0.05, 0) is 24.1 Å². The Labute approximate surface area is 134 Å². The molecule has 23 heavy (non-hydrogen) atoms. The molecule has 0 spiro atoms. The smallest absolute Gasteiger partial charge is 0.258 e. The molecule has 1 atom stereocenters. The summed E-state index contributed by atoms with van der Waals surface area (Å²) in [6.07, 6.45) is 1.96. The molecule has 0 saturated carbocycles. The number of benzene rings is 2. The number of nitrogens with zero attached hydrogens (tertiary/aromatic N) is 1. The van der Waals surface area contributed by atoms with Gasteiger partial charge in [0.15, 0.2) is 0 Å². The lowest BCUT2D eigenvalue weighted by Gasteiger charge is -2.17. The zero-order chi connectivity index (χ0) is 16.9. The van der Waals surface area contributed by atoms with Crippen molar-refractivity contribution in [3.05, 3.63) is 82.9 Å². The standard InChI is InChI=1S/C16H16N2O4S/c1-2-6-16(13-9-11-14(12-10-13)18(19)20)17-23(21,22)15-7-4-3-5-8-15/h2-5,7-12,16-17H,1,6H2. The number of rotatable bonds is 7. The number of non-ortho nitro benzene ring substituents is 1. The molecular weight excluding hydrogens is 316 g/mol. The molecular formula is C16H16N2O4S. The first kappa shape index (κ1) is 16.9. The van der Waals surface area contributed by atoms with Crippen LogP contribution in [-0.4, -0.2) is 13.3 Å². The van der Waals surface area contributed by atoms with Gasteiger partial charge in [-0.2, -0.15) is 0 Å². The van der Waals surface area contributed by atoms with E-state index >= 15 is 0 Å². The highest BCUT2D eigenvalue weighted by Crippen LogP contribution is 2.23. The maximum atomic E-state index is 12.4. The van der Waals surface area contributed by atoms with Gasteiger partial charge in [0.05, 0.1) is 15.9 Å². The van der Waals surface area contributed by atoms with Gasteiger partial charge in [0.1, 0.15) is 0 Å². The third-order valence-corrected chi connectivity index (χ3v) is 4.75. The first-order valence-corrected chi connectivity index (χ1v) is 8.35. The molecule has 2 rings (SSSR count). The Bertz CT molecular complexity index is 787. The molecule has 6 nitrogen and oxygen atoms in total. The van der Waals surface area contributed by atoms with Crippen molar-refractivity contribution in [3.63, 3.8) is 0 Å². The van der Waals surface area contributed by atoms with E-state index in [0.29, 0.717) is 12.0 Å². The van der Waals surface area contributed by atoms with E-state index < -0.39 is 21.0 Å². The first-order valence-electron chi connectivity index (χ1n) is 6.86. The van der Waals surface area contributed by atoms with E-state index in [2.05, 4.69) is 11.3 Å². The summed E-state index contributed by atoms with van der Waals surface area (Å²) in [5.74, 6) is 0. The van der Waals surface area contributed by atoms with Crippen LogP contribution in [0.25, 0.3) is 0 Å². The van der Waals surface area contributed by atoms with Gasteiger partial charge >= 0.3 is 0 Å². The van der Waals surface area contributed by atoms with Gasteiger partial charge in [0.25, 0.3) is 5.69 Å². The molecule has 0 bridgehead atoms. The van der Waals surface area contributed by atoms with Crippen molar-refractivity contribution < 1.29 is 13.3 Å². The van der Waals surface area contributed by atoms with Crippen molar-refractivity contribution in [2.75, 3.05) is 0 Å². The Kier molecular flexibility index (Phi) is 5.25. The minimum Gasteiger partial charge on any atom is -0.258 e. The summed E-state index contributed by atoms with van der Waals surface area (Å²) >= 11 is 0. The third kappa shape index (κ3) is 4.24. The summed E-state index contributed by atoms with van der Waals surface area (Å²) < 4.78 is 27.4. The fourth-order valence-electron chi connectivity index (χ4n) is 2.10. The number of sulfonamides is 1. The van der Waals surface area contributed by atoms with Crippen molar-refractivity contribution in [1.82, 2.24) is 4.72 Å². The van der Waals surface area contributed by atoms with Gasteiger partial charge in [-0.3, -0.25) is 10.1 Å². The Balaban J connectivity index is 2.28. The van der Waals surface area contributed by atoms with Crippen LogP contribution in [0.15, 0.2) is 72.1 Å². The number of hydrogen-bond acceptors (Lipinski definition) is 4. The lowest BCUT2D eigenvalue weighted by Crippen LogP contribution is -2.28. The van der Waals surface area contributed by atoms with E-state index in [9.17, 15) is 18.5 Å². The van der Waals surface area contributed by atoms with Crippen LogP contribution in [0.2, 0.25) is 0 Å². The Hall–Kier alpha value is -2.51. The lowest BCUT2D eigenvalue weighted by molar-refractivity contribution is -0.384. The van der Waals surface area contributed by atoms with Crippen LogP contribution in [0.5, 0.6) is 0 Å². The molecule has 0 saturated heterocycles. The molecule has 2 aromatic carbocycles. The van der Waals surface area contributed by atoms with E-state index in [1.165, 1.54) is 24.3 Å². The van der Waals surface area contributed by atoms with Gasteiger partial charge in [0.2, 0.25) is 10.0 Å². The summed E-state index contributed by atoms with van der Waals surface area (Å²) in [4.78, 5) is 10.4. The number of nitro benzene ring substituents is 1. The quantitative estimate of drug-likeness (QED) is 0.479. The van der Waals surface area contributed by atoms with E-state index in [1.807, 2.05) is 0 Å². The maximum absolute atomic E-state index is 12.4. The Morgan fingerprint density at radius 3 is 2.26 bits per heavy atom. The second-order valence-corrected chi connectivity index (χ2v) is 6.57. The number of nitro groups is 1. The Morgan fingerprint density at radius 1 is 1.13 bits per heavy atom. The van der Waals surface area contributed by atoms with Gasteiger partial charge in [0, 0.05) is 12.1 Å². The molecule has 0 fully saturated rings. The molecule has 0 aromatic heterocycles. The van der Waals surface area contributed by atoms with E-state index in [1.54, 1.807) is 36.4 Å². The minimum absolute atomic E-state index is 0.0444. The van der Waals surface area contributed by atoms with E-state index in [4.69, 9.17) is 0 Å². The van der Waals surface area contributed by atoms with Crippen LogP contribution in [0.1, 0.15) is 18.0 Å². The van der Waals surface area contributed by atoms with Crippen LogP contribution in [-0.2, 0) is 10.0 Å². The highest BCUT2D eigenvalue weighted by molar-refractivity contribution is 7.89. The molecule has 7 heteroatoms. The molecule has 2 aromatic rings. The molecule has 1 N–H and O–H groups in total. The zero-order valence-corrected chi connectivity index (χ0v) is 13.1.